The topological polar surface area (TPSA) is 75.9 Å². The lowest BCUT2D eigenvalue weighted by Gasteiger charge is -2.12. The minimum Gasteiger partial charge on any atom is -0.285 e. The fourth-order valence-corrected chi connectivity index (χ4v) is 2.88. The van der Waals surface area contributed by atoms with Crippen molar-refractivity contribution in [2.24, 2.45) is 8.80 Å². The van der Waals surface area contributed by atoms with Gasteiger partial charge in [0.15, 0.2) is 0 Å². The van der Waals surface area contributed by atoms with Gasteiger partial charge >= 0.3 is 10.2 Å². The number of benzene rings is 2. The number of hydrogen-bond acceptors (Lipinski definition) is 3. The Morgan fingerprint density at radius 3 is 1.43 bits per heavy atom. The van der Waals surface area contributed by atoms with Crippen LogP contribution in [0.15, 0.2) is 69.5 Å². The molecule has 0 aromatic heterocycles. The van der Waals surface area contributed by atoms with Gasteiger partial charge in [-0.1, -0.05) is 60.7 Å². The average Bonchev–Trinajstić information content (AvgIpc) is 2.51. The van der Waals surface area contributed by atoms with E-state index in [0.717, 1.165) is 0 Å². The second-order valence-electron chi connectivity index (χ2n) is 4.39. The summed E-state index contributed by atoms with van der Waals surface area (Å²) in [7, 11) is -4.06. The number of hydrogen-bond donors (Lipinski definition) is 0. The number of rotatable bonds is 2. The second kappa shape index (κ2) is 5.06. The molecule has 5 nitrogen and oxygen atoms in total. The summed E-state index contributed by atoms with van der Waals surface area (Å²) in [6.45, 7) is 0. The lowest BCUT2D eigenvalue weighted by molar-refractivity contribution is -0.107. The normalized spacial score (nSPS) is 17.0. The van der Waals surface area contributed by atoms with Crippen LogP contribution in [0.5, 0.6) is 0 Å². The molecule has 1 aliphatic rings. The first-order chi connectivity index (χ1) is 10.1. The third kappa shape index (κ3) is 2.66. The first-order valence-electron chi connectivity index (χ1n) is 6.17. The standard InChI is InChI=1S/C15H10N2O3S/c18-15-13(11-7-3-1-4-8-11)16-21(19,20)17-14(15)12-9-5-2-6-10-12/h1-10H. The van der Waals surface area contributed by atoms with E-state index in [4.69, 9.17) is 0 Å². The van der Waals surface area contributed by atoms with Crippen LogP contribution in [0.3, 0.4) is 0 Å². The SMILES string of the molecule is O=C1C(c2ccccc2)=NS(=O)(=O)N=C1c1ccccc1. The minimum absolute atomic E-state index is 0.107. The first kappa shape index (κ1) is 13.4. The van der Waals surface area contributed by atoms with Crippen LogP contribution in [0.2, 0.25) is 0 Å². The van der Waals surface area contributed by atoms with Gasteiger partial charge in [-0.3, -0.25) is 4.79 Å². The molecule has 0 N–H and O–H groups in total. The summed E-state index contributed by atoms with van der Waals surface area (Å²) in [5, 5.41) is 0. The molecular formula is C15H10N2O3S. The van der Waals surface area contributed by atoms with Gasteiger partial charge in [-0.05, 0) is 0 Å². The van der Waals surface area contributed by atoms with Crippen molar-refractivity contribution in [3.05, 3.63) is 71.8 Å². The summed E-state index contributed by atoms with van der Waals surface area (Å²) < 4.78 is 30.7. The molecule has 0 saturated carbocycles. The number of Topliss-reactive ketones (excluding diaryl/α,β-unsaturated/α-hetero) is 1. The molecule has 0 saturated heterocycles. The fraction of sp³-hybridized carbons (Fsp3) is 0. The Morgan fingerprint density at radius 2 is 1.05 bits per heavy atom. The first-order valence-corrected chi connectivity index (χ1v) is 7.57. The molecule has 0 aliphatic carbocycles. The van der Waals surface area contributed by atoms with Crippen molar-refractivity contribution in [2.45, 2.75) is 0 Å². The van der Waals surface area contributed by atoms with Gasteiger partial charge in [-0.2, -0.15) is 8.42 Å². The Morgan fingerprint density at radius 1 is 0.667 bits per heavy atom. The van der Waals surface area contributed by atoms with Crippen LogP contribution in [0.1, 0.15) is 11.1 Å². The van der Waals surface area contributed by atoms with Gasteiger partial charge in [0.1, 0.15) is 11.4 Å². The largest absolute Gasteiger partial charge is 0.364 e. The van der Waals surface area contributed by atoms with E-state index in [9.17, 15) is 13.2 Å². The third-order valence-electron chi connectivity index (χ3n) is 2.94. The Labute approximate surface area is 121 Å². The summed E-state index contributed by atoms with van der Waals surface area (Å²) in [4.78, 5) is 12.5. The number of carbonyl (C=O) groups excluding carboxylic acids is 1. The van der Waals surface area contributed by atoms with E-state index in [-0.39, 0.29) is 11.4 Å². The van der Waals surface area contributed by atoms with Gasteiger partial charge in [-0.15, -0.1) is 8.80 Å². The summed E-state index contributed by atoms with van der Waals surface area (Å²) >= 11 is 0. The van der Waals surface area contributed by atoms with Crippen LogP contribution in [0.25, 0.3) is 0 Å². The molecule has 0 fully saturated rings. The number of ketones is 1. The van der Waals surface area contributed by atoms with Crippen molar-refractivity contribution < 1.29 is 13.2 Å². The molecule has 0 amide bonds. The maximum atomic E-state index is 12.5. The van der Waals surface area contributed by atoms with Crippen LogP contribution in [-0.2, 0) is 15.0 Å². The lowest BCUT2D eigenvalue weighted by atomic mass is 9.99. The molecule has 1 heterocycles. The molecule has 1 aliphatic heterocycles. The maximum absolute atomic E-state index is 12.5. The monoisotopic (exact) mass is 298 g/mol. The van der Waals surface area contributed by atoms with Crippen LogP contribution >= 0.6 is 0 Å². The van der Waals surface area contributed by atoms with Gasteiger partial charge in [-0.25, -0.2) is 0 Å². The van der Waals surface area contributed by atoms with Crippen LogP contribution < -0.4 is 0 Å². The summed E-state index contributed by atoms with van der Waals surface area (Å²) in [5.74, 6) is -0.498. The molecule has 0 bridgehead atoms. The quantitative estimate of drug-likeness (QED) is 0.848. The van der Waals surface area contributed by atoms with Gasteiger partial charge in [0.2, 0.25) is 5.78 Å². The van der Waals surface area contributed by atoms with Gasteiger partial charge in [0.05, 0.1) is 0 Å². The summed E-state index contributed by atoms with van der Waals surface area (Å²) in [6.07, 6.45) is 0. The van der Waals surface area contributed by atoms with Crippen molar-refractivity contribution in [3.63, 3.8) is 0 Å². The third-order valence-corrected chi connectivity index (χ3v) is 3.76. The molecule has 3 rings (SSSR count). The van der Waals surface area contributed by atoms with Crippen LogP contribution in [0, 0.1) is 0 Å². The minimum atomic E-state index is -4.06. The van der Waals surface area contributed by atoms with Crippen molar-refractivity contribution in [2.75, 3.05) is 0 Å². The zero-order valence-corrected chi connectivity index (χ0v) is 11.6. The molecule has 21 heavy (non-hydrogen) atoms. The highest BCUT2D eigenvalue weighted by atomic mass is 32.2. The lowest BCUT2D eigenvalue weighted by Crippen LogP contribution is -2.31. The van der Waals surface area contributed by atoms with Crippen molar-refractivity contribution in [1.29, 1.82) is 0 Å². The number of nitrogens with zero attached hydrogens (tertiary/aromatic N) is 2. The number of carbonyl (C=O) groups is 1. The molecule has 2 aromatic carbocycles. The fourth-order valence-electron chi connectivity index (χ4n) is 2.01. The molecular weight excluding hydrogens is 288 g/mol. The van der Waals surface area contributed by atoms with Crippen molar-refractivity contribution in [1.82, 2.24) is 0 Å². The molecule has 104 valence electrons. The van der Waals surface area contributed by atoms with E-state index in [2.05, 4.69) is 8.80 Å². The Kier molecular flexibility index (Phi) is 3.23. The zero-order valence-electron chi connectivity index (χ0n) is 10.8. The van der Waals surface area contributed by atoms with E-state index in [1.54, 1.807) is 60.7 Å². The predicted molar refractivity (Wildman–Crippen MR) is 79.9 cm³/mol. The van der Waals surface area contributed by atoms with Crippen LogP contribution in [0.4, 0.5) is 0 Å². The molecule has 2 aromatic rings. The van der Waals surface area contributed by atoms with Crippen molar-refractivity contribution >= 4 is 27.4 Å². The smallest absolute Gasteiger partial charge is 0.285 e. The molecule has 0 spiro atoms. The molecule has 0 atom stereocenters. The van der Waals surface area contributed by atoms with Gasteiger partial charge in [0, 0.05) is 11.1 Å². The highest BCUT2D eigenvalue weighted by Crippen LogP contribution is 2.16. The second-order valence-corrected chi connectivity index (χ2v) is 5.65. The highest BCUT2D eigenvalue weighted by molar-refractivity contribution is 7.89. The molecule has 0 radical (unpaired) electrons. The predicted octanol–water partition coefficient (Wildman–Crippen LogP) is 1.79. The highest BCUT2D eigenvalue weighted by Gasteiger charge is 2.30. The molecule has 0 unspecified atom stereocenters. The summed E-state index contributed by atoms with van der Waals surface area (Å²) in [6, 6.07) is 17.0. The summed E-state index contributed by atoms with van der Waals surface area (Å²) in [5.41, 5.74) is 0.692. The van der Waals surface area contributed by atoms with Gasteiger partial charge in [0.25, 0.3) is 0 Å². The zero-order chi connectivity index (χ0) is 14.9. The maximum Gasteiger partial charge on any atom is 0.364 e. The Hall–Kier alpha value is -2.60. The van der Waals surface area contributed by atoms with E-state index in [0.29, 0.717) is 11.1 Å². The Balaban J connectivity index is 2.15. The van der Waals surface area contributed by atoms with Crippen LogP contribution in [-0.4, -0.2) is 25.6 Å². The van der Waals surface area contributed by atoms with E-state index in [1.807, 2.05) is 0 Å². The van der Waals surface area contributed by atoms with E-state index in [1.165, 1.54) is 0 Å². The van der Waals surface area contributed by atoms with Gasteiger partial charge < -0.3 is 0 Å². The average molecular weight is 298 g/mol. The van der Waals surface area contributed by atoms with Crippen molar-refractivity contribution in [3.8, 4) is 0 Å². The van der Waals surface area contributed by atoms with E-state index < -0.39 is 16.0 Å². The molecule has 6 heteroatoms. The van der Waals surface area contributed by atoms with E-state index >= 15 is 0 Å². The Bertz CT molecular complexity index is 789.